The Morgan fingerprint density at radius 3 is 2.73 bits per heavy atom. The van der Waals surface area contributed by atoms with Gasteiger partial charge in [0.05, 0.1) is 12.6 Å². The molecule has 0 radical (unpaired) electrons. The van der Waals surface area contributed by atoms with Gasteiger partial charge in [0, 0.05) is 6.42 Å². The van der Waals surface area contributed by atoms with Gasteiger partial charge in [0.25, 0.3) is 0 Å². The predicted octanol–water partition coefficient (Wildman–Crippen LogP) is 0.735. The highest BCUT2D eigenvalue weighted by atomic mass is 16.5. The van der Waals surface area contributed by atoms with Crippen LogP contribution in [-0.2, 0) is 20.7 Å². The molecule has 6 nitrogen and oxygen atoms in total. The van der Waals surface area contributed by atoms with Crippen LogP contribution in [0.5, 0.6) is 5.75 Å². The number of nitrogens with one attached hydrogen (secondary N) is 2. The quantitative estimate of drug-likeness (QED) is 0.675. The summed E-state index contributed by atoms with van der Waals surface area (Å²) in [5, 5.41) is 15.2. The van der Waals surface area contributed by atoms with Crippen molar-refractivity contribution in [3.8, 4) is 5.75 Å². The van der Waals surface area contributed by atoms with Crippen molar-refractivity contribution in [3.05, 3.63) is 29.8 Å². The minimum Gasteiger partial charge on any atom is -0.508 e. The molecule has 3 N–H and O–H groups in total. The average Bonchev–Trinajstić information content (AvgIpc) is 3.03. The van der Waals surface area contributed by atoms with Crippen molar-refractivity contribution in [1.82, 2.24) is 10.6 Å². The van der Waals surface area contributed by atoms with Crippen molar-refractivity contribution in [2.75, 3.05) is 13.2 Å². The molecular formula is C16H22N2O4. The first kappa shape index (κ1) is 16.3. The third-order valence-corrected chi connectivity index (χ3v) is 3.64. The van der Waals surface area contributed by atoms with E-state index >= 15 is 0 Å². The van der Waals surface area contributed by atoms with Crippen molar-refractivity contribution in [2.45, 2.75) is 38.3 Å². The molecule has 1 unspecified atom stereocenters. The van der Waals surface area contributed by atoms with Gasteiger partial charge >= 0.3 is 5.97 Å². The van der Waals surface area contributed by atoms with E-state index in [1.54, 1.807) is 31.2 Å². The van der Waals surface area contributed by atoms with Crippen molar-refractivity contribution >= 4 is 11.9 Å². The fourth-order valence-corrected chi connectivity index (χ4v) is 2.48. The first-order chi connectivity index (χ1) is 10.6. The summed E-state index contributed by atoms with van der Waals surface area (Å²) in [6.07, 6.45) is 2.07. The molecule has 1 heterocycles. The number of carbonyl (C=O) groups is 2. The van der Waals surface area contributed by atoms with E-state index in [-0.39, 0.29) is 24.3 Å². The van der Waals surface area contributed by atoms with Crippen LogP contribution in [0, 0.1) is 0 Å². The van der Waals surface area contributed by atoms with Gasteiger partial charge in [-0.15, -0.1) is 0 Å². The molecule has 1 fully saturated rings. The number of esters is 1. The molecule has 0 bridgehead atoms. The van der Waals surface area contributed by atoms with Gasteiger partial charge in [-0.25, -0.2) is 4.79 Å². The van der Waals surface area contributed by atoms with Crippen molar-refractivity contribution in [1.29, 1.82) is 0 Å². The molecule has 6 heteroatoms. The summed E-state index contributed by atoms with van der Waals surface area (Å²) >= 11 is 0. The average molecular weight is 306 g/mol. The summed E-state index contributed by atoms with van der Waals surface area (Å²) in [5.74, 6) is -0.452. The van der Waals surface area contributed by atoms with Crippen LogP contribution < -0.4 is 10.6 Å². The Morgan fingerprint density at radius 1 is 1.41 bits per heavy atom. The monoisotopic (exact) mass is 306 g/mol. The zero-order chi connectivity index (χ0) is 15.9. The van der Waals surface area contributed by atoms with Crippen molar-refractivity contribution in [3.63, 3.8) is 0 Å². The summed E-state index contributed by atoms with van der Waals surface area (Å²) in [6.45, 7) is 2.82. The summed E-state index contributed by atoms with van der Waals surface area (Å²) < 4.78 is 5.04. The molecule has 120 valence electrons. The van der Waals surface area contributed by atoms with E-state index in [9.17, 15) is 14.7 Å². The van der Waals surface area contributed by atoms with Crippen LogP contribution in [0.3, 0.4) is 0 Å². The first-order valence-electron chi connectivity index (χ1n) is 7.58. The number of aromatic hydroxyl groups is 1. The van der Waals surface area contributed by atoms with Gasteiger partial charge in [0.15, 0.2) is 0 Å². The van der Waals surface area contributed by atoms with Gasteiger partial charge in [-0.3, -0.25) is 4.79 Å². The van der Waals surface area contributed by atoms with E-state index in [4.69, 9.17) is 4.74 Å². The number of benzene rings is 1. The summed E-state index contributed by atoms with van der Waals surface area (Å²) in [5.41, 5.74) is 0.843. The van der Waals surface area contributed by atoms with E-state index in [1.165, 1.54) is 0 Å². The Labute approximate surface area is 129 Å². The molecule has 0 spiro atoms. The van der Waals surface area contributed by atoms with Crippen LogP contribution in [0.1, 0.15) is 25.3 Å². The molecule has 1 aromatic carbocycles. The second-order valence-electron chi connectivity index (χ2n) is 5.33. The zero-order valence-corrected chi connectivity index (χ0v) is 12.7. The molecule has 0 aromatic heterocycles. The van der Waals surface area contributed by atoms with Gasteiger partial charge < -0.3 is 20.5 Å². The molecule has 2 rings (SSSR count). The number of carbonyl (C=O) groups excluding carboxylic acids is 2. The Balaban J connectivity index is 2.03. The molecule has 2 atom stereocenters. The Bertz CT molecular complexity index is 509. The zero-order valence-electron chi connectivity index (χ0n) is 12.7. The van der Waals surface area contributed by atoms with Gasteiger partial charge in [0.2, 0.25) is 5.91 Å². The van der Waals surface area contributed by atoms with Crippen LogP contribution in [0.2, 0.25) is 0 Å². The molecule has 0 saturated carbocycles. The summed E-state index contributed by atoms with van der Waals surface area (Å²) in [4.78, 5) is 24.2. The minimum atomic E-state index is -0.723. The summed E-state index contributed by atoms with van der Waals surface area (Å²) in [7, 11) is 0. The molecule has 1 saturated heterocycles. The maximum Gasteiger partial charge on any atom is 0.328 e. The molecule has 0 aliphatic carbocycles. The van der Waals surface area contributed by atoms with Crippen LogP contribution in [0.15, 0.2) is 24.3 Å². The molecular weight excluding hydrogens is 284 g/mol. The second kappa shape index (κ2) is 7.79. The standard InChI is InChI=1S/C16H22N2O4/c1-2-22-16(21)14(10-11-5-7-12(19)8-6-11)18-15(20)13-4-3-9-17-13/h5-8,13-14,17,19H,2-4,9-10H2,1H3,(H,18,20)/t13-,14?/m0/s1. The summed E-state index contributed by atoms with van der Waals surface area (Å²) in [6, 6.07) is 5.59. The lowest BCUT2D eigenvalue weighted by Crippen LogP contribution is -2.49. The lowest BCUT2D eigenvalue weighted by atomic mass is 10.0. The van der Waals surface area contributed by atoms with Gasteiger partial charge in [-0.05, 0) is 44.0 Å². The number of phenolic OH excluding ortho intramolecular Hbond substituents is 1. The maximum atomic E-state index is 12.2. The van der Waals surface area contributed by atoms with Crippen LogP contribution in [0.25, 0.3) is 0 Å². The largest absolute Gasteiger partial charge is 0.508 e. The smallest absolute Gasteiger partial charge is 0.328 e. The Morgan fingerprint density at radius 2 is 2.14 bits per heavy atom. The molecule has 1 aliphatic heterocycles. The van der Waals surface area contributed by atoms with Crippen molar-refractivity contribution in [2.24, 2.45) is 0 Å². The third-order valence-electron chi connectivity index (χ3n) is 3.64. The number of ether oxygens (including phenoxy) is 1. The maximum absolute atomic E-state index is 12.2. The fourth-order valence-electron chi connectivity index (χ4n) is 2.48. The van der Waals surface area contributed by atoms with Gasteiger partial charge in [-0.1, -0.05) is 12.1 Å². The highest BCUT2D eigenvalue weighted by Crippen LogP contribution is 2.12. The lowest BCUT2D eigenvalue weighted by molar-refractivity contribution is -0.147. The van der Waals surface area contributed by atoms with Crippen LogP contribution >= 0.6 is 0 Å². The molecule has 1 amide bonds. The Hall–Kier alpha value is -2.08. The lowest BCUT2D eigenvalue weighted by Gasteiger charge is -2.19. The van der Waals surface area contributed by atoms with E-state index in [0.29, 0.717) is 6.42 Å². The molecule has 22 heavy (non-hydrogen) atoms. The van der Waals surface area contributed by atoms with Crippen LogP contribution in [-0.4, -0.2) is 42.2 Å². The molecule has 1 aliphatic rings. The third kappa shape index (κ3) is 4.46. The second-order valence-corrected chi connectivity index (χ2v) is 5.33. The number of amides is 1. The van der Waals surface area contributed by atoms with Gasteiger partial charge in [-0.2, -0.15) is 0 Å². The number of phenols is 1. The van der Waals surface area contributed by atoms with E-state index < -0.39 is 12.0 Å². The predicted molar refractivity (Wildman–Crippen MR) is 81.4 cm³/mol. The van der Waals surface area contributed by atoms with E-state index in [0.717, 1.165) is 24.9 Å². The number of rotatable bonds is 6. The first-order valence-corrected chi connectivity index (χ1v) is 7.58. The number of hydrogen-bond acceptors (Lipinski definition) is 5. The normalized spacial score (nSPS) is 18.7. The van der Waals surface area contributed by atoms with E-state index in [1.807, 2.05) is 0 Å². The fraction of sp³-hybridized carbons (Fsp3) is 0.500. The highest BCUT2D eigenvalue weighted by Gasteiger charge is 2.28. The SMILES string of the molecule is CCOC(=O)C(Cc1ccc(O)cc1)NC(=O)[C@@H]1CCCN1. The topological polar surface area (TPSA) is 87.7 Å². The minimum absolute atomic E-state index is 0.163. The number of hydrogen-bond donors (Lipinski definition) is 3. The molecule has 1 aromatic rings. The van der Waals surface area contributed by atoms with Gasteiger partial charge in [0.1, 0.15) is 11.8 Å². The highest BCUT2D eigenvalue weighted by molar-refractivity contribution is 5.87. The van der Waals surface area contributed by atoms with E-state index in [2.05, 4.69) is 10.6 Å². The Kier molecular flexibility index (Phi) is 5.77. The van der Waals surface area contributed by atoms with Crippen molar-refractivity contribution < 1.29 is 19.4 Å². The van der Waals surface area contributed by atoms with Crippen LogP contribution in [0.4, 0.5) is 0 Å².